The van der Waals surface area contributed by atoms with E-state index >= 15 is 0 Å². The average molecular weight is 475 g/mol. The van der Waals surface area contributed by atoms with E-state index in [0.29, 0.717) is 12.8 Å². The van der Waals surface area contributed by atoms with E-state index < -0.39 is 11.9 Å². The first-order chi connectivity index (χ1) is 16.6. The second-order valence-electron chi connectivity index (χ2n) is 9.46. The molecule has 194 valence electrons. The van der Waals surface area contributed by atoms with E-state index in [4.69, 9.17) is 10.2 Å². The van der Waals surface area contributed by atoms with Crippen LogP contribution in [0.2, 0.25) is 0 Å². The molecule has 2 N–H and O–H groups in total. The van der Waals surface area contributed by atoms with Gasteiger partial charge >= 0.3 is 11.9 Å². The van der Waals surface area contributed by atoms with Gasteiger partial charge in [-0.05, 0) is 37.5 Å². The molecule has 4 nitrogen and oxygen atoms in total. The summed E-state index contributed by atoms with van der Waals surface area (Å²) in [5, 5.41) is 17.2. The van der Waals surface area contributed by atoms with Gasteiger partial charge in [-0.1, -0.05) is 115 Å². The molecule has 0 saturated carbocycles. The number of unbranched alkanes of at least 4 members (excludes halogenated alkanes) is 20. The second kappa shape index (κ2) is 27.3. The topological polar surface area (TPSA) is 74.6 Å². The predicted molar refractivity (Wildman–Crippen MR) is 142 cm³/mol. The van der Waals surface area contributed by atoms with Gasteiger partial charge < -0.3 is 10.2 Å². The fourth-order valence-electron chi connectivity index (χ4n) is 4.02. The zero-order valence-corrected chi connectivity index (χ0v) is 21.7. The quantitative estimate of drug-likeness (QED) is 0.109. The zero-order valence-electron chi connectivity index (χ0n) is 21.7. The van der Waals surface area contributed by atoms with Gasteiger partial charge in [0.25, 0.3) is 0 Å². The number of carboxylic acids is 2. The van der Waals surface area contributed by atoms with Crippen LogP contribution in [0, 0.1) is 23.7 Å². The SMILES string of the molecule is O=C(O)CCCCCCCCCCCCC#CC#CCCCCCCCCCCCCC(=O)O. The highest BCUT2D eigenvalue weighted by Crippen LogP contribution is 2.13. The third kappa shape index (κ3) is 30.1. The number of aliphatic carboxylic acids is 2. The molecule has 4 heteroatoms. The minimum absolute atomic E-state index is 0.317. The van der Waals surface area contributed by atoms with E-state index in [-0.39, 0.29) is 0 Å². The number of hydrogen-bond donors (Lipinski definition) is 2. The van der Waals surface area contributed by atoms with Crippen molar-refractivity contribution in [1.29, 1.82) is 0 Å². The predicted octanol–water partition coefficient (Wildman–Crippen LogP) is 8.52. The first kappa shape index (κ1) is 32.1. The third-order valence-corrected chi connectivity index (χ3v) is 6.12. The Morgan fingerprint density at radius 3 is 0.882 bits per heavy atom. The van der Waals surface area contributed by atoms with Crippen molar-refractivity contribution in [2.24, 2.45) is 0 Å². The lowest BCUT2D eigenvalue weighted by Crippen LogP contribution is -1.93. The van der Waals surface area contributed by atoms with E-state index in [1.807, 2.05) is 0 Å². The molecule has 0 unspecified atom stereocenters. The smallest absolute Gasteiger partial charge is 0.303 e. The largest absolute Gasteiger partial charge is 0.481 e. The molecule has 0 aromatic carbocycles. The summed E-state index contributed by atoms with van der Waals surface area (Å²) in [7, 11) is 0. The minimum Gasteiger partial charge on any atom is -0.481 e. The van der Waals surface area contributed by atoms with Crippen molar-refractivity contribution >= 4 is 11.9 Å². The number of hydrogen-bond acceptors (Lipinski definition) is 2. The van der Waals surface area contributed by atoms with E-state index in [1.165, 1.54) is 103 Å². The molecule has 0 bridgehead atoms. The summed E-state index contributed by atoms with van der Waals surface area (Å²) < 4.78 is 0. The maximum Gasteiger partial charge on any atom is 0.303 e. The van der Waals surface area contributed by atoms with Crippen molar-refractivity contribution in [3.05, 3.63) is 0 Å². The van der Waals surface area contributed by atoms with Gasteiger partial charge in [0, 0.05) is 25.7 Å². The summed E-state index contributed by atoms with van der Waals surface area (Å²) in [6, 6.07) is 0. The Morgan fingerprint density at radius 2 is 0.618 bits per heavy atom. The highest BCUT2D eigenvalue weighted by atomic mass is 16.4. The van der Waals surface area contributed by atoms with E-state index in [2.05, 4.69) is 23.7 Å². The Balaban J connectivity index is 3.24. The van der Waals surface area contributed by atoms with Gasteiger partial charge in [0.15, 0.2) is 0 Å². The summed E-state index contributed by atoms with van der Waals surface area (Å²) in [4.78, 5) is 20.9. The molecular weight excluding hydrogens is 424 g/mol. The lowest BCUT2D eigenvalue weighted by Gasteiger charge is -2.01. The van der Waals surface area contributed by atoms with E-state index in [0.717, 1.165) is 38.5 Å². The van der Waals surface area contributed by atoms with Crippen LogP contribution < -0.4 is 0 Å². The third-order valence-electron chi connectivity index (χ3n) is 6.12. The molecular formula is C30H50O4. The van der Waals surface area contributed by atoms with Gasteiger partial charge in [0.05, 0.1) is 0 Å². The van der Waals surface area contributed by atoms with Gasteiger partial charge in [-0.25, -0.2) is 0 Å². The van der Waals surface area contributed by atoms with Crippen molar-refractivity contribution in [2.75, 3.05) is 0 Å². The van der Waals surface area contributed by atoms with E-state index in [1.54, 1.807) is 0 Å². The van der Waals surface area contributed by atoms with Crippen LogP contribution in [-0.4, -0.2) is 22.2 Å². The Hall–Kier alpha value is -1.94. The summed E-state index contributed by atoms with van der Waals surface area (Å²) in [5.41, 5.74) is 0. The van der Waals surface area contributed by atoms with Gasteiger partial charge in [-0.3, -0.25) is 9.59 Å². The fraction of sp³-hybridized carbons (Fsp3) is 0.800. The summed E-state index contributed by atoms with van der Waals surface area (Å²) in [6.07, 6.45) is 26.3. The first-order valence-electron chi connectivity index (χ1n) is 14.0. The standard InChI is InChI=1S/C30H50O4/c31-29(32)27-25-23-21-19-17-15-13-11-9-7-5-3-1-2-4-6-8-10-12-14-16-18-20-22-24-26-28-30(33)34/h5-28H2,(H,31,32)(H,33,34). The number of carbonyl (C=O) groups is 2. The Morgan fingerprint density at radius 1 is 0.382 bits per heavy atom. The van der Waals surface area contributed by atoms with Crippen LogP contribution in [0.5, 0.6) is 0 Å². The molecule has 0 spiro atoms. The van der Waals surface area contributed by atoms with Crippen LogP contribution in [0.1, 0.15) is 154 Å². The van der Waals surface area contributed by atoms with Gasteiger partial charge in [-0.15, -0.1) is 0 Å². The van der Waals surface area contributed by atoms with Crippen LogP contribution >= 0.6 is 0 Å². The monoisotopic (exact) mass is 474 g/mol. The Bertz CT molecular complexity index is 549. The Labute approximate surface area is 209 Å². The highest BCUT2D eigenvalue weighted by molar-refractivity contribution is 5.66. The van der Waals surface area contributed by atoms with Crippen LogP contribution in [0.4, 0.5) is 0 Å². The van der Waals surface area contributed by atoms with Crippen molar-refractivity contribution in [2.45, 2.75) is 154 Å². The normalized spacial score (nSPS) is 10.2. The van der Waals surface area contributed by atoms with Crippen molar-refractivity contribution < 1.29 is 19.8 Å². The van der Waals surface area contributed by atoms with Crippen molar-refractivity contribution in [3.8, 4) is 23.7 Å². The molecule has 0 aliphatic heterocycles. The highest BCUT2D eigenvalue weighted by Gasteiger charge is 1.98. The molecule has 0 amide bonds. The van der Waals surface area contributed by atoms with E-state index in [9.17, 15) is 9.59 Å². The molecule has 0 atom stereocenters. The lowest BCUT2D eigenvalue weighted by atomic mass is 10.1. The molecule has 0 heterocycles. The number of carboxylic acid groups (broad SMARTS) is 2. The lowest BCUT2D eigenvalue weighted by molar-refractivity contribution is -0.138. The van der Waals surface area contributed by atoms with Crippen molar-refractivity contribution in [3.63, 3.8) is 0 Å². The van der Waals surface area contributed by atoms with Gasteiger partial charge in [0.2, 0.25) is 0 Å². The van der Waals surface area contributed by atoms with Crippen LogP contribution in [0.15, 0.2) is 0 Å². The molecule has 0 radical (unpaired) electrons. The number of rotatable bonds is 24. The molecule has 0 aliphatic rings. The Kier molecular flexibility index (Phi) is 25.7. The van der Waals surface area contributed by atoms with Gasteiger partial charge in [-0.2, -0.15) is 0 Å². The maximum atomic E-state index is 10.4. The zero-order chi connectivity index (χ0) is 25.0. The first-order valence-corrected chi connectivity index (χ1v) is 14.0. The molecule has 0 aliphatic carbocycles. The second-order valence-corrected chi connectivity index (χ2v) is 9.46. The van der Waals surface area contributed by atoms with Crippen LogP contribution in [0.3, 0.4) is 0 Å². The van der Waals surface area contributed by atoms with Crippen molar-refractivity contribution in [1.82, 2.24) is 0 Å². The summed E-state index contributed by atoms with van der Waals surface area (Å²) >= 11 is 0. The average Bonchev–Trinajstić information content (AvgIpc) is 2.80. The molecule has 0 fully saturated rings. The summed E-state index contributed by atoms with van der Waals surface area (Å²) in [5.74, 6) is 11.0. The molecule has 0 saturated heterocycles. The minimum atomic E-state index is -0.675. The molecule has 0 aromatic rings. The molecule has 0 rings (SSSR count). The fourth-order valence-corrected chi connectivity index (χ4v) is 4.02. The summed E-state index contributed by atoms with van der Waals surface area (Å²) in [6.45, 7) is 0. The van der Waals surface area contributed by atoms with Crippen LogP contribution in [-0.2, 0) is 9.59 Å². The van der Waals surface area contributed by atoms with Crippen LogP contribution in [0.25, 0.3) is 0 Å². The molecule has 0 aromatic heterocycles. The van der Waals surface area contributed by atoms with Gasteiger partial charge in [0.1, 0.15) is 0 Å². The maximum absolute atomic E-state index is 10.4. The molecule has 34 heavy (non-hydrogen) atoms.